The van der Waals surface area contributed by atoms with Crippen molar-refractivity contribution in [2.24, 2.45) is 17.3 Å². The van der Waals surface area contributed by atoms with Crippen LogP contribution in [0.5, 0.6) is 0 Å². The van der Waals surface area contributed by atoms with Crippen LogP contribution >= 0.6 is 0 Å². The number of methoxy groups -OCH3 is 1. The monoisotopic (exact) mass is 498 g/mol. The fraction of sp³-hybridized carbons (Fsp3) is 0.792. The summed E-state index contributed by atoms with van der Waals surface area (Å²) in [5.74, 6) is 0.0761. The van der Waals surface area contributed by atoms with Gasteiger partial charge in [-0.1, -0.05) is 0 Å². The summed E-state index contributed by atoms with van der Waals surface area (Å²) in [7, 11) is 1.73. The largest absolute Gasteiger partial charge is 0.451 e. The number of amides is 1. The van der Waals surface area contributed by atoms with E-state index in [0.717, 1.165) is 44.9 Å². The fourth-order valence-electron chi connectivity index (χ4n) is 6.47. The Hall–Kier alpha value is -1.98. The second kappa shape index (κ2) is 9.82. The van der Waals surface area contributed by atoms with Crippen molar-refractivity contribution in [2.45, 2.75) is 50.5 Å². The van der Waals surface area contributed by atoms with E-state index in [-0.39, 0.29) is 23.9 Å². The molecule has 0 spiro atoms. The summed E-state index contributed by atoms with van der Waals surface area (Å²) < 4.78 is 56.3. The molecule has 1 aliphatic carbocycles. The molecule has 0 unspecified atom stereocenters. The van der Waals surface area contributed by atoms with E-state index in [1.54, 1.807) is 12.0 Å². The summed E-state index contributed by atoms with van der Waals surface area (Å²) >= 11 is 0. The molecular formula is C24H33F3N4O4. The molecule has 1 amide bonds. The first-order valence-corrected chi connectivity index (χ1v) is 12.5. The van der Waals surface area contributed by atoms with Crippen LogP contribution in [-0.4, -0.2) is 86.1 Å². The number of alkyl halides is 3. The summed E-state index contributed by atoms with van der Waals surface area (Å²) in [6.07, 6.45) is 1.02. The predicted octanol–water partition coefficient (Wildman–Crippen LogP) is 2.77. The smallest absolute Gasteiger partial charge is 0.379 e. The minimum absolute atomic E-state index is 0.0601. The van der Waals surface area contributed by atoms with Gasteiger partial charge in [0.15, 0.2) is 0 Å². The van der Waals surface area contributed by atoms with Gasteiger partial charge in [0, 0.05) is 52.7 Å². The zero-order valence-electron chi connectivity index (χ0n) is 20.0. The van der Waals surface area contributed by atoms with Crippen LogP contribution in [0.15, 0.2) is 12.3 Å². The predicted molar refractivity (Wildman–Crippen MR) is 120 cm³/mol. The Bertz CT molecular complexity index is 911. The second-order valence-electron chi connectivity index (χ2n) is 10.2. The fourth-order valence-corrected chi connectivity index (χ4v) is 6.47. The van der Waals surface area contributed by atoms with E-state index in [2.05, 4.69) is 9.97 Å². The van der Waals surface area contributed by atoms with Crippen LogP contribution in [0, 0.1) is 17.3 Å². The van der Waals surface area contributed by atoms with Crippen molar-refractivity contribution >= 4 is 11.7 Å². The van der Waals surface area contributed by atoms with Crippen molar-refractivity contribution in [3.05, 3.63) is 18.1 Å². The highest BCUT2D eigenvalue weighted by atomic mass is 19.4. The minimum atomic E-state index is -4.59. The third-order valence-electron chi connectivity index (χ3n) is 8.27. The molecule has 5 rings (SSSR count). The summed E-state index contributed by atoms with van der Waals surface area (Å²) in [5.41, 5.74) is -0.487. The molecule has 194 valence electrons. The van der Waals surface area contributed by atoms with E-state index < -0.39 is 17.4 Å². The van der Waals surface area contributed by atoms with Crippen LogP contribution in [0.25, 0.3) is 0 Å². The maximum absolute atomic E-state index is 13.8. The molecule has 8 nitrogen and oxygen atoms in total. The number of carbonyl (C=O) groups is 1. The highest BCUT2D eigenvalue weighted by Crippen LogP contribution is 2.53. The molecule has 0 N–H and O–H groups in total. The molecular weight excluding hydrogens is 465 g/mol. The lowest BCUT2D eigenvalue weighted by molar-refractivity contribution is -0.145. The highest BCUT2D eigenvalue weighted by Gasteiger charge is 2.57. The number of ether oxygens (including phenoxy) is 3. The van der Waals surface area contributed by atoms with Gasteiger partial charge >= 0.3 is 6.18 Å². The van der Waals surface area contributed by atoms with E-state index in [9.17, 15) is 18.0 Å². The quantitative estimate of drug-likeness (QED) is 0.618. The SMILES string of the molecule is CO[C@@H]1COCC[C@@H]1C[C@@H]1C[C@H]2OCC[C@@]2(C(=O)N2CCN(c3ccnc(C(F)(F)F)n3)CC2)C1. The minimum Gasteiger partial charge on any atom is -0.379 e. The molecule has 4 aliphatic rings. The third kappa shape index (κ3) is 4.86. The molecule has 1 aromatic rings. The molecule has 4 fully saturated rings. The Morgan fingerprint density at radius 3 is 2.80 bits per heavy atom. The number of nitrogens with zero attached hydrogens (tertiary/aromatic N) is 4. The van der Waals surface area contributed by atoms with Gasteiger partial charge in [-0.25, -0.2) is 9.97 Å². The molecule has 4 heterocycles. The van der Waals surface area contributed by atoms with Crippen molar-refractivity contribution in [1.82, 2.24) is 14.9 Å². The lowest BCUT2D eigenvalue weighted by Crippen LogP contribution is -2.54. The standard InChI is InChI=1S/C24H33F3N4O4/c1-33-18-15-34-10-3-17(18)12-16-13-19-23(14-16,4-11-35-19)22(32)31-8-6-30(7-9-31)20-2-5-28-21(29-20)24(25,26)27/h2,5,16-19H,3-4,6-15H2,1H3/t16-,17-,18-,19-,23-/m1/s1. The molecule has 35 heavy (non-hydrogen) atoms. The van der Waals surface area contributed by atoms with Crippen molar-refractivity contribution in [3.63, 3.8) is 0 Å². The molecule has 0 radical (unpaired) electrons. The second-order valence-corrected chi connectivity index (χ2v) is 10.2. The molecule has 3 saturated heterocycles. The number of aromatic nitrogens is 2. The highest BCUT2D eigenvalue weighted by molar-refractivity contribution is 5.84. The lowest BCUT2D eigenvalue weighted by Gasteiger charge is -2.40. The van der Waals surface area contributed by atoms with Gasteiger partial charge < -0.3 is 24.0 Å². The number of hydrogen-bond donors (Lipinski definition) is 0. The molecule has 0 bridgehead atoms. The zero-order valence-corrected chi connectivity index (χ0v) is 20.0. The van der Waals surface area contributed by atoms with Gasteiger partial charge in [0.25, 0.3) is 0 Å². The van der Waals surface area contributed by atoms with Crippen molar-refractivity contribution < 1.29 is 32.2 Å². The first-order valence-electron chi connectivity index (χ1n) is 12.5. The molecule has 0 aromatic carbocycles. The first-order chi connectivity index (χ1) is 16.8. The Balaban J connectivity index is 1.22. The van der Waals surface area contributed by atoms with Gasteiger partial charge in [-0.2, -0.15) is 13.2 Å². The molecule has 3 aliphatic heterocycles. The van der Waals surface area contributed by atoms with Crippen LogP contribution in [-0.2, 0) is 25.2 Å². The van der Waals surface area contributed by atoms with E-state index in [4.69, 9.17) is 14.2 Å². The van der Waals surface area contributed by atoms with Crippen molar-refractivity contribution in [1.29, 1.82) is 0 Å². The van der Waals surface area contributed by atoms with Gasteiger partial charge in [0.1, 0.15) is 5.82 Å². The molecule has 11 heteroatoms. The molecule has 1 saturated carbocycles. The van der Waals surface area contributed by atoms with E-state index in [1.165, 1.54) is 6.07 Å². The number of piperazine rings is 1. The third-order valence-corrected chi connectivity index (χ3v) is 8.27. The topological polar surface area (TPSA) is 77.0 Å². The molecule has 1 aromatic heterocycles. The van der Waals surface area contributed by atoms with Crippen LogP contribution < -0.4 is 4.90 Å². The van der Waals surface area contributed by atoms with Gasteiger partial charge in [0.2, 0.25) is 11.7 Å². The van der Waals surface area contributed by atoms with E-state index >= 15 is 0 Å². The average molecular weight is 499 g/mol. The lowest BCUT2D eigenvalue weighted by atomic mass is 9.78. The first kappa shape index (κ1) is 24.7. The number of carbonyl (C=O) groups excluding carboxylic acids is 1. The van der Waals surface area contributed by atoms with Crippen molar-refractivity contribution in [2.75, 3.05) is 58.0 Å². The van der Waals surface area contributed by atoms with Crippen LogP contribution in [0.1, 0.15) is 37.9 Å². The van der Waals surface area contributed by atoms with Crippen LogP contribution in [0.3, 0.4) is 0 Å². The maximum Gasteiger partial charge on any atom is 0.451 e. The summed E-state index contributed by atoms with van der Waals surface area (Å²) in [6, 6.07) is 1.48. The maximum atomic E-state index is 13.8. The number of rotatable bonds is 5. The van der Waals surface area contributed by atoms with Gasteiger partial charge in [-0.3, -0.25) is 4.79 Å². The van der Waals surface area contributed by atoms with Crippen LogP contribution in [0.4, 0.5) is 19.0 Å². The number of halogens is 3. The van der Waals surface area contributed by atoms with Gasteiger partial charge in [-0.15, -0.1) is 0 Å². The van der Waals surface area contributed by atoms with Crippen molar-refractivity contribution in [3.8, 4) is 0 Å². The Morgan fingerprint density at radius 1 is 1.26 bits per heavy atom. The van der Waals surface area contributed by atoms with E-state index in [0.29, 0.717) is 51.2 Å². The Labute approximate surface area is 203 Å². The number of anilines is 1. The summed E-state index contributed by atoms with van der Waals surface area (Å²) in [6.45, 7) is 3.75. The zero-order chi connectivity index (χ0) is 24.6. The number of hydrogen-bond acceptors (Lipinski definition) is 7. The number of fused-ring (bicyclic) bond motifs is 1. The molecule has 5 atom stereocenters. The van der Waals surface area contributed by atoms with Gasteiger partial charge in [-0.05, 0) is 50.0 Å². The summed E-state index contributed by atoms with van der Waals surface area (Å²) in [5, 5.41) is 0. The summed E-state index contributed by atoms with van der Waals surface area (Å²) in [4.78, 5) is 24.5. The average Bonchev–Trinajstić information content (AvgIpc) is 3.41. The van der Waals surface area contributed by atoms with Gasteiger partial charge in [0.05, 0.1) is 24.2 Å². The van der Waals surface area contributed by atoms with E-state index in [1.807, 2.05) is 4.90 Å². The normalized spacial score (nSPS) is 33.7. The Morgan fingerprint density at radius 2 is 2.06 bits per heavy atom. The Kier molecular flexibility index (Phi) is 6.93. The van der Waals surface area contributed by atoms with Crippen LogP contribution in [0.2, 0.25) is 0 Å².